The summed E-state index contributed by atoms with van der Waals surface area (Å²) in [5.41, 5.74) is 1.99. The third-order valence-electron chi connectivity index (χ3n) is 4.83. The van der Waals surface area contributed by atoms with E-state index < -0.39 is 17.8 Å². The molecule has 29 heavy (non-hydrogen) atoms. The summed E-state index contributed by atoms with van der Waals surface area (Å²) < 4.78 is 18.2. The predicted octanol–water partition coefficient (Wildman–Crippen LogP) is 4.07. The van der Waals surface area contributed by atoms with Gasteiger partial charge in [-0.3, -0.25) is 9.59 Å². The highest BCUT2D eigenvalue weighted by Crippen LogP contribution is 2.23. The molecule has 7 heteroatoms. The smallest absolute Gasteiger partial charge is 0.355 e. The molecule has 0 bridgehead atoms. The van der Waals surface area contributed by atoms with Gasteiger partial charge in [-0.05, 0) is 63.9 Å². The van der Waals surface area contributed by atoms with E-state index >= 15 is 0 Å². The lowest BCUT2D eigenvalue weighted by atomic mass is 9.99. The Kier molecular flexibility index (Phi) is 7.31. The molecule has 0 fully saturated rings. The molecule has 0 saturated heterocycles. The van der Waals surface area contributed by atoms with Crippen LogP contribution in [0.1, 0.15) is 69.7 Å². The minimum atomic E-state index is -0.754. The van der Waals surface area contributed by atoms with Gasteiger partial charge in [0.05, 0.1) is 12.6 Å². The average Bonchev–Trinajstić information content (AvgIpc) is 2.99. The number of nitrogens with one attached hydrogen (secondary N) is 1. The molecule has 0 unspecified atom stereocenters. The number of hydrogen-bond donors (Lipinski definition) is 1. The minimum Gasteiger partial charge on any atom is -0.461 e. The number of halogens is 1. The molecular weight excluding hydrogens is 375 g/mol. The van der Waals surface area contributed by atoms with E-state index in [0.717, 1.165) is 0 Å². The van der Waals surface area contributed by atoms with Crippen LogP contribution in [0, 0.1) is 19.7 Å². The molecule has 1 atom stereocenters. The largest absolute Gasteiger partial charge is 0.461 e. The van der Waals surface area contributed by atoms with Crippen molar-refractivity contribution in [3.8, 4) is 0 Å². The fraction of sp³-hybridized carbons (Fsp3) is 0.409. The quantitative estimate of drug-likeness (QED) is 0.533. The molecule has 6 nitrogen and oxygen atoms in total. The van der Waals surface area contributed by atoms with Crippen LogP contribution in [0.25, 0.3) is 0 Å². The fourth-order valence-electron chi connectivity index (χ4n) is 3.35. The van der Waals surface area contributed by atoms with E-state index in [9.17, 15) is 18.8 Å². The number of esters is 1. The lowest BCUT2D eigenvalue weighted by Crippen LogP contribution is -2.44. The van der Waals surface area contributed by atoms with Gasteiger partial charge in [0.15, 0.2) is 5.78 Å². The normalized spacial score (nSPS) is 11.8. The van der Waals surface area contributed by atoms with E-state index in [-0.39, 0.29) is 24.0 Å². The summed E-state index contributed by atoms with van der Waals surface area (Å²) in [5, 5.41) is 0. The van der Waals surface area contributed by atoms with Gasteiger partial charge >= 0.3 is 5.97 Å². The Bertz CT molecular complexity index is 902. The van der Waals surface area contributed by atoms with Crippen molar-refractivity contribution in [1.29, 1.82) is 0 Å². The molecule has 156 valence electrons. The van der Waals surface area contributed by atoms with Gasteiger partial charge in [0.2, 0.25) is 0 Å². The van der Waals surface area contributed by atoms with Gasteiger partial charge < -0.3 is 14.6 Å². The molecule has 0 radical (unpaired) electrons. The van der Waals surface area contributed by atoms with Gasteiger partial charge in [-0.25, -0.2) is 9.18 Å². The van der Waals surface area contributed by atoms with Gasteiger partial charge in [0.25, 0.3) is 5.91 Å². The average molecular weight is 402 g/mol. The number of H-pyrrole nitrogens is 1. The van der Waals surface area contributed by atoms with Crippen molar-refractivity contribution in [1.82, 2.24) is 9.88 Å². The number of Topliss-reactive ketones (excluding diaryl/α,β-unsaturated/α-hetero) is 1. The van der Waals surface area contributed by atoms with E-state index in [4.69, 9.17) is 4.74 Å². The molecule has 1 amide bonds. The number of amides is 1. The van der Waals surface area contributed by atoms with Crippen molar-refractivity contribution in [2.75, 3.05) is 13.2 Å². The molecule has 1 N–H and O–H groups in total. The van der Waals surface area contributed by atoms with Crippen molar-refractivity contribution in [2.24, 2.45) is 0 Å². The molecule has 0 aliphatic carbocycles. The molecule has 1 aromatic heterocycles. The maximum atomic E-state index is 13.3. The van der Waals surface area contributed by atoms with Crippen LogP contribution in [-0.2, 0) is 4.74 Å². The number of ether oxygens (including phenoxy) is 1. The molecule has 1 aromatic carbocycles. The van der Waals surface area contributed by atoms with Crippen LogP contribution >= 0.6 is 0 Å². The molecule has 0 saturated carbocycles. The van der Waals surface area contributed by atoms with Crippen LogP contribution < -0.4 is 0 Å². The zero-order valence-corrected chi connectivity index (χ0v) is 17.5. The van der Waals surface area contributed by atoms with Crippen molar-refractivity contribution in [2.45, 2.75) is 47.1 Å². The summed E-state index contributed by atoms with van der Waals surface area (Å²) in [6.45, 7) is 9.27. The van der Waals surface area contributed by atoms with Gasteiger partial charge in [-0.15, -0.1) is 0 Å². The Morgan fingerprint density at radius 2 is 1.76 bits per heavy atom. The lowest BCUT2D eigenvalue weighted by molar-refractivity contribution is 0.0519. The third-order valence-corrected chi connectivity index (χ3v) is 4.83. The maximum absolute atomic E-state index is 13.3. The second kappa shape index (κ2) is 9.49. The second-order valence-corrected chi connectivity index (χ2v) is 6.89. The van der Waals surface area contributed by atoms with Crippen LogP contribution in [0.5, 0.6) is 0 Å². The monoisotopic (exact) mass is 402 g/mol. The number of hydrogen-bond acceptors (Lipinski definition) is 4. The second-order valence-electron chi connectivity index (χ2n) is 6.89. The highest BCUT2D eigenvalue weighted by molar-refractivity contribution is 6.07. The fourth-order valence-corrected chi connectivity index (χ4v) is 3.35. The molecule has 2 rings (SSSR count). The summed E-state index contributed by atoms with van der Waals surface area (Å²) in [4.78, 5) is 42.8. The number of aromatic nitrogens is 1. The standard InChI is InChI=1S/C22H27FN2O4/c1-6-12-25(21(27)16-8-10-17(23)11-9-16)15(5)20(26)18-13(3)19(24-14(18)4)22(28)29-7-2/h8-11,15,24H,6-7,12H2,1-5H3/t15-/m0/s1. The van der Waals surface area contributed by atoms with E-state index in [0.29, 0.717) is 35.3 Å². The van der Waals surface area contributed by atoms with Gasteiger partial charge in [-0.1, -0.05) is 6.92 Å². The number of aromatic amines is 1. The molecule has 0 spiro atoms. The Labute approximate surface area is 170 Å². The number of carbonyl (C=O) groups excluding carboxylic acids is 3. The first-order valence-electron chi connectivity index (χ1n) is 9.69. The highest BCUT2D eigenvalue weighted by Gasteiger charge is 2.31. The Balaban J connectivity index is 2.36. The predicted molar refractivity (Wildman–Crippen MR) is 108 cm³/mol. The Morgan fingerprint density at radius 1 is 1.14 bits per heavy atom. The number of aryl methyl sites for hydroxylation is 1. The Morgan fingerprint density at radius 3 is 2.31 bits per heavy atom. The van der Waals surface area contributed by atoms with Crippen molar-refractivity contribution in [3.05, 3.63) is 58.2 Å². The zero-order chi connectivity index (χ0) is 21.7. The van der Waals surface area contributed by atoms with Crippen molar-refractivity contribution in [3.63, 3.8) is 0 Å². The van der Waals surface area contributed by atoms with E-state index in [1.807, 2.05) is 6.92 Å². The van der Waals surface area contributed by atoms with E-state index in [1.54, 1.807) is 27.7 Å². The van der Waals surface area contributed by atoms with Crippen LogP contribution in [0.2, 0.25) is 0 Å². The summed E-state index contributed by atoms with van der Waals surface area (Å²) in [5.74, 6) is -1.56. The van der Waals surface area contributed by atoms with Crippen LogP contribution in [0.15, 0.2) is 24.3 Å². The zero-order valence-electron chi connectivity index (χ0n) is 17.5. The number of ketones is 1. The van der Waals surface area contributed by atoms with Crippen LogP contribution in [-0.4, -0.2) is 46.7 Å². The number of benzene rings is 1. The molecule has 1 heterocycles. The summed E-state index contributed by atoms with van der Waals surface area (Å²) >= 11 is 0. The molecular formula is C22H27FN2O4. The topological polar surface area (TPSA) is 79.5 Å². The lowest BCUT2D eigenvalue weighted by Gasteiger charge is -2.28. The SMILES string of the molecule is CCCN(C(=O)c1ccc(F)cc1)[C@@H](C)C(=O)c1c(C)[nH]c(C(=O)OCC)c1C. The van der Waals surface area contributed by atoms with Crippen molar-refractivity contribution < 1.29 is 23.5 Å². The summed E-state index contributed by atoms with van der Waals surface area (Å²) in [7, 11) is 0. The van der Waals surface area contributed by atoms with Gasteiger partial charge in [0.1, 0.15) is 11.5 Å². The van der Waals surface area contributed by atoms with Crippen LogP contribution in [0.4, 0.5) is 4.39 Å². The maximum Gasteiger partial charge on any atom is 0.355 e. The first-order valence-corrected chi connectivity index (χ1v) is 9.69. The first-order chi connectivity index (χ1) is 13.7. The highest BCUT2D eigenvalue weighted by atomic mass is 19.1. The summed E-state index contributed by atoms with van der Waals surface area (Å²) in [6, 6.07) is 4.49. The molecule has 2 aromatic rings. The summed E-state index contributed by atoms with van der Waals surface area (Å²) in [6.07, 6.45) is 0.656. The number of rotatable bonds is 8. The van der Waals surface area contributed by atoms with E-state index in [1.165, 1.54) is 29.2 Å². The number of nitrogens with zero attached hydrogens (tertiary/aromatic N) is 1. The van der Waals surface area contributed by atoms with Crippen molar-refractivity contribution >= 4 is 17.7 Å². The first kappa shape index (κ1) is 22.3. The van der Waals surface area contributed by atoms with E-state index in [2.05, 4.69) is 4.98 Å². The van der Waals surface area contributed by atoms with Crippen LogP contribution in [0.3, 0.4) is 0 Å². The Hall–Kier alpha value is -2.96. The molecule has 0 aliphatic heterocycles. The van der Waals surface area contributed by atoms with Gasteiger partial charge in [-0.2, -0.15) is 0 Å². The molecule has 0 aliphatic rings. The third kappa shape index (κ3) is 4.72. The van der Waals surface area contributed by atoms with Gasteiger partial charge in [0, 0.05) is 23.4 Å². The number of carbonyl (C=O) groups is 3. The minimum absolute atomic E-state index is 0.229.